The zero-order valence-electron chi connectivity index (χ0n) is 24.0. The SMILES string of the molecule is COC(=O)c1cccc(OCC=Nc2ccccc2N(C)CC/C2=C(\CS(=O)(=O)c3ccccc3)C/C=C\CC=C2)c1. The summed E-state index contributed by atoms with van der Waals surface area (Å²) in [4.78, 5) is 18.9. The monoisotopic (exact) mass is 584 g/mol. The minimum absolute atomic E-state index is 0.00580. The van der Waals surface area contributed by atoms with Crippen molar-refractivity contribution >= 4 is 33.4 Å². The highest BCUT2D eigenvalue weighted by molar-refractivity contribution is 7.91. The Morgan fingerprint density at radius 2 is 1.76 bits per heavy atom. The quantitative estimate of drug-likeness (QED) is 0.133. The number of carbonyl (C=O) groups excluding carboxylic acids is 1. The second kappa shape index (κ2) is 15.0. The number of anilines is 1. The molecular formula is C34H36N2O5S. The van der Waals surface area contributed by atoms with Crippen molar-refractivity contribution in [3.63, 3.8) is 0 Å². The largest absolute Gasteiger partial charge is 0.488 e. The highest BCUT2D eigenvalue weighted by Crippen LogP contribution is 2.29. The van der Waals surface area contributed by atoms with E-state index in [-0.39, 0.29) is 12.4 Å². The normalized spacial score (nSPS) is 16.0. The van der Waals surface area contributed by atoms with Crippen LogP contribution in [0.4, 0.5) is 11.4 Å². The molecule has 0 unspecified atom stereocenters. The van der Waals surface area contributed by atoms with Crippen LogP contribution >= 0.6 is 0 Å². The second-order valence-electron chi connectivity index (χ2n) is 9.82. The molecular weight excluding hydrogens is 548 g/mol. The van der Waals surface area contributed by atoms with Crippen LogP contribution in [0.3, 0.4) is 0 Å². The minimum atomic E-state index is -3.45. The Kier molecular flexibility index (Phi) is 10.9. The average molecular weight is 585 g/mol. The zero-order chi connectivity index (χ0) is 29.8. The van der Waals surface area contributed by atoms with Crippen LogP contribution in [0.15, 0.2) is 124 Å². The highest BCUT2D eigenvalue weighted by Gasteiger charge is 2.19. The number of carbonyl (C=O) groups is 1. The first-order valence-corrected chi connectivity index (χ1v) is 15.5. The first kappa shape index (κ1) is 30.5. The van der Waals surface area contributed by atoms with Gasteiger partial charge in [0, 0.05) is 19.8 Å². The van der Waals surface area contributed by atoms with Crippen molar-refractivity contribution in [1.29, 1.82) is 0 Å². The lowest BCUT2D eigenvalue weighted by molar-refractivity contribution is 0.0600. The number of sulfone groups is 1. The van der Waals surface area contributed by atoms with Gasteiger partial charge in [0.2, 0.25) is 0 Å². The fraction of sp³-hybridized carbons (Fsp3) is 0.235. The van der Waals surface area contributed by atoms with Crippen LogP contribution in [0.25, 0.3) is 0 Å². The summed E-state index contributed by atoms with van der Waals surface area (Å²) in [5.41, 5.74) is 4.14. The third-order valence-corrected chi connectivity index (χ3v) is 8.58. The third kappa shape index (κ3) is 8.54. The smallest absolute Gasteiger partial charge is 0.337 e. The van der Waals surface area contributed by atoms with E-state index in [1.807, 2.05) is 37.4 Å². The van der Waals surface area contributed by atoms with E-state index in [4.69, 9.17) is 9.47 Å². The van der Waals surface area contributed by atoms with Gasteiger partial charge in [0.05, 0.1) is 34.7 Å². The summed E-state index contributed by atoms with van der Waals surface area (Å²) in [6.07, 6.45) is 12.1. The third-order valence-electron chi connectivity index (χ3n) is 6.86. The molecule has 3 aromatic carbocycles. The number of para-hydroxylation sites is 2. The van der Waals surface area contributed by atoms with Gasteiger partial charge in [-0.3, -0.25) is 4.99 Å². The van der Waals surface area contributed by atoms with Crippen molar-refractivity contribution in [3.8, 4) is 5.75 Å². The second-order valence-corrected chi connectivity index (χ2v) is 11.8. The van der Waals surface area contributed by atoms with E-state index in [2.05, 4.69) is 34.2 Å². The van der Waals surface area contributed by atoms with Crippen LogP contribution in [0, 0.1) is 0 Å². The van der Waals surface area contributed by atoms with E-state index in [0.717, 1.165) is 28.9 Å². The molecule has 0 heterocycles. The van der Waals surface area contributed by atoms with E-state index in [0.29, 0.717) is 35.6 Å². The van der Waals surface area contributed by atoms with Crippen molar-refractivity contribution in [1.82, 2.24) is 0 Å². The lowest BCUT2D eigenvalue weighted by Crippen LogP contribution is -2.20. The molecule has 42 heavy (non-hydrogen) atoms. The molecule has 0 amide bonds. The molecule has 0 bridgehead atoms. The molecule has 7 nitrogen and oxygen atoms in total. The summed E-state index contributed by atoms with van der Waals surface area (Å²) >= 11 is 0. The van der Waals surface area contributed by atoms with Gasteiger partial charge in [-0.15, -0.1) is 0 Å². The Labute approximate surface area is 248 Å². The van der Waals surface area contributed by atoms with Gasteiger partial charge in [0.1, 0.15) is 12.4 Å². The number of methoxy groups -OCH3 is 1. The Morgan fingerprint density at radius 1 is 0.976 bits per heavy atom. The van der Waals surface area contributed by atoms with E-state index in [1.165, 1.54) is 7.11 Å². The molecule has 1 aliphatic carbocycles. The summed E-state index contributed by atoms with van der Waals surface area (Å²) in [6, 6.07) is 23.3. The number of ether oxygens (including phenoxy) is 2. The van der Waals surface area contributed by atoms with Crippen molar-refractivity contribution in [2.24, 2.45) is 4.99 Å². The van der Waals surface area contributed by atoms with Gasteiger partial charge in [0.25, 0.3) is 0 Å². The number of esters is 1. The molecule has 0 spiro atoms. The summed E-state index contributed by atoms with van der Waals surface area (Å²) in [6.45, 7) is 0.911. The number of hydrogen-bond donors (Lipinski definition) is 0. The maximum atomic E-state index is 13.2. The Hall–Kier alpha value is -4.43. The van der Waals surface area contributed by atoms with Gasteiger partial charge in [-0.2, -0.15) is 0 Å². The van der Waals surface area contributed by atoms with E-state index < -0.39 is 15.8 Å². The summed E-state index contributed by atoms with van der Waals surface area (Å²) in [5.74, 6) is 0.127. The van der Waals surface area contributed by atoms with Crippen LogP contribution in [0.1, 0.15) is 29.6 Å². The molecule has 0 fully saturated rings. The summed E-state index contributed by atoms with van der Waals surface area (Å²) in [5, 5.41) is 0. The maximum absolute atomic E-state index is 13.2. The number of hydrogen-bond acceptors (Lipinski definition) is 7. The highest BCUT2D eigenvalue weighted by atomic mass is 32.2. The van der Waals surface area contributed by atoms with Crippen LogP contribution in [-0.2, 0) is 14.6 Å². The van der Waals surface area contributed by atoms with Crippen molar-refractivity contribution < 1.29 is 22.7 Å². The molecule has 3 aromatic rings. The van der Waals surface area contributed by atoms with Crippen LogP contribution in [0.2, 0.25) is 0 Å². The van der Waals surface area contributed by atoms with E-state index >= 15 is 0 Å². The van der Waals surface area contributed by atoms with Gasteiger partial charge < -0.3 is 14.4 Å². The number of rotatable bonds is 12. The first-order chi connectivity index (χ1) is 20.4. The lowest BCUT2D eigenvalue weighted by Gasteiger charge is -2.22. The number of nitrogens with zero attached hydrogens (tertiary/aromatic N) is 2. The molecule has 0 saturated carbocycles. The van der Waals surface area contributed by atoms with Gasteiger partial charge in [-0.1, -0.05) is 60.7 Å². The maximum Gasteiger partial charge on any atom is 0.337 e. The number of allylic oxidation sites excluding steroid dienone is 4. The minimum Gasteiger partial charge on any atom is -0.488 e. The van der Waals surface area contributed by atoms with Gasteiger partial charge in [0.15, 0.2) is 9.84 Å². The molecule has 218 valence electrons. The number of aliphatic imine (C=N–C) groups is 1. The molecule has 0 aromatic heterocycles. The molecule has 0 atom stereocenters. The lowest BCUT2D eigenvalue weighted by atomic mass is 10.00. The zero-order valence-corrected chi connectivity index (χ0v) is 24.8. The van der Waals surface area contributed by atoms with Gasteiger partial charge in [-0.05, 0) is 72.9 Å². The molecule has 1 aliphatic rings. The molecule has 0 N–H and O–H groups in total. The standard InChI is InChI=1S/C34H36N2O5S/c1-36(23-21-27-13-6-3-4-7-14-29(27)26-42(38,39)31-17-8-5-9-18-31)33-20-11-10-19-32(33)35-22-24-41-30-16-12-15-28(25-30)34(37)40-2/h4-13,15-20,22,25H,3,14,21,23-24,26H2,1-2H3/b7-4-,13-6?,29-27-,35-22?. The average Bonchev–Trinajstić information content (AvgIpc) is 3.00. The van der Waals surface area contributed by atoms with Crippen LogP contribution in [0.5, 0.6) is 5.75 Å². The van der Waals surface area contributed by atoms with E-state index in [1.54, 1.807) is 54.7 Å². The molecule has 0 saturated heterocycles. The fourth-order valence-electron chi connectivity index (χ4n) is 4.62. The molecule has 0 aliphatic heterocycles. The Morgan fingerprint density at radius 3 is 2.57 bits per heavy atom. The summed E-state index contributed by atoms with van der Waals surface area (Å²) in [7, 11) is -0.0996. The van der Waals surface area contributed by atoms with Crippen LogP contribution in [-0.4, -0.2) is 53.7 Å². The van der Waals surface area contributed by atoms with Crippen LogP contribution < -0.4 is 9.64 Å². The van der Waals surface area contributed by atoms with Crippen molar-refractivity contribution in [3.05, 3.63) is 120 Å². The van der Waals surface area contributed by atoms with Gasteiger partial charge in [-0.25, -0.2) is 13.2 Å². The van der Waals surface area contributed by atoms with Crippen molar-refractivity contribution in [2.45, 2.75) is 24.2 Å². The fourth-order valence-corrected chi connectivity index (χ4v) is 6.12. The predicted molar refractivity (Wildman–Crippen MR) is 169 cm³/mol. The summed E-state index contributed by atoms with van der Waals surface area (Å²) < 4.78 is 36.9. The molecule has 4 rings (SSSR count). The molecule has 0 radical (unpaired) electrons. The van der Waals surface area contributed by atoms with Gasteiger partial charge >= 0.3 is 5.97 Å². The van der Waals surface area contributed by atoms with E-state index in [9.17, 15) is 13.2 Å². The Balaban J connectivity index is 1.44. The first-order valence-electron chi connectivity index (χ1n) is 13.8. The topological polar surface area (TPSA) is 85.3 Å². The predicted octanol–water partition coefficient (Wildman–Crippen LogP) is 6.76. The molecule has 8 heteroatoms. The Bertz CT molecular complexity index is 1590. The van der Waals surface area contributed by atoms with Crippen molar-refractivity contribution in [2.75, 3.05) is 38.0 Å². The number of benzene rings is 3.